The summed E-state index contributed by atoms with van der Waals surface area (Å²) in [6.07, 6.45) is 1.36. The van der Waals surface area contributed by atoms with Crippen LogP contribution in [0.4, 0.5) is 16.2 Å². The number of hydrogen-bond acceptors (Lipinski definition) is 6. The Hall–Kier alpha value is -4.63. The second-order valence-corrected chi connectivity index (χ2v) is 9.52. The number of nitrogens with one attached hydrogen (secondary N) is 2. The number of carbonyl (C=O) groups excluding carboxylic acids is 4. The lowest BCUT2D eigenvalue weighted by Crippen LogP contribution is -2.54. The van der Waals surface area contributed by atoms with Crippen molar-refractivity contribution in [3.63, 3.8) is 0 Å². The number of benzene rings is 3. The van der Waals surface area contributed by atoms with Crippen molar-refractivity contribution < 1.29 is 28.7 Å². The zero-order chi connectivity index (χ0) is 29.0. The highest BCUT2D eigenvalue weighted by molar-refractivity contribution is 6.40. The van der Waals surface area contributed by atoms with Crippen LogP contribution in [0.3, 0.4) is 0 Å². The number of urea groups is 1. The van der Waals surface area contributed by atoms with E-state index in [4.69, 9.17) is 21.1 Å². The first-order chi connectivity index (χ1) is 19.1. The molecule has 1 fully saturated rings. The minimum atomic E-state index is -0.865. The lowest BCUT2D eigenvalue weighted by atomic mass is 10.1. The maximum absolute atomic E-state index is 13.3. The van der Waals surface area contributed by atoms with Gasteiger partial charge in [-0.1, -0.05) is 29.8 Å². The number of rotatable bonds is 8. The van der Waals surface area contributed by atoms with Crippen molar-refractivity contribution in [1.29, 1.82) is 0 Å². The molecule has 0 unspecified atom stereocenters. The number of nitrogens with zero attached hydrogens (tertiary/aromatic N) is 1. The first-order valence-corrected chi connectivity index (χ1v) is 12.9. The summed E-state index contributed by atoms with van der Waals surface area (Å²) < 4.78 is 11.4. The number of carbonyl (C=O) groups is 4. The van der Waals surface area contributed by atoms with Crippen molar-refractivity contribution >= 4 is 52.8 Å². The molecule has 206 valence electrons. The van der Waals surface area contributed by atoms with Gasteiger partial charge in [-0.25, -0.2) is 9.69 Å². The van der Waals surface area contributed by atoms with Crippen molar-refractivity contribution in [2.75, 3.05) is 23.4 Å². The number of aryl methyl sites for hydroxylation is 2. The van der Waals surface area contributed by atoms with Gasteiger partial charge in [-0.15, -0.1) is 0 Å². The second kappa shape index (κ2) is 12.0. The summed E-state index contributed by atoms with van der Waals surface area (Å²) in [6, 6.07) is 14.4. The van der Waals surface area contributed by atoms with E-state index < -0.39 is 17.8 Å². The van der Waals surface area contributed by atoms with Gasteiger partial charge in [-0.2, -0.15) is 0 Å². The Bertz CT molecular complexity index is 1550. The first-order valence-electron chi connectivity index (χ1n) is 12.5. The van der Waals surface area contributed by atoms with E-state index in [1.807, 2.05) is 32.0 Å². The van der Waals surface area contributed by atoms with Gasteiger partial charge in [0.15, 0.2) is 18.1 Å². The molecule has 5 amide bonds. The molecular weight excluding hydrogens is 534 g/mol. The minimum Gasteiger partial charge on any atom is -0.490 e. The molecule has 0 radical (unpaired) electrons. The maximum Gasteiger partial charge on any atom is 0.335 e. The van der Waals surface area contributed by atoms with E-state index in [1.54, 1.807) is 50.2 Å². The van der Waals surface area contributed by atoms with Crippen LogP contribution >= 0.6 is 11.6 Å². The topological polar surface area (TPSA) is 114 Å². The Kier molecular flexibility index (Phi) is 8.55. The fraction of sp³-hybridized carbons (Fsp3) is 0.200. The number of barbiturate groups is 1. The van der Waals surface area contributed by atoms with Gasteiger partial charge in [0, 0.05) is 10.7 Å². The van der Waals surface area contributed by atoms with Crippen LogP contribution in [0.15, 0.2) is 60.2 Å². The van der Waals surface area contributed by atoms with Crippen molar-refractivity contribution in [2.24, 2.45) is 0 Å². The van der Waals surface area contributed by atoms with Crippen LogP contribution in [0, 0.1) is 20.8 Å². The molecule has 40 heavy (non-hydrogen) atoms. The van der Waals surface area contributed by atoms with Crippen LogP contribution in [0.2, 0.25) is 5.02 Å². The fourth-order valence-corrected chi connectivity index (χ4v) is 4.21. The number of anilines is 2. The number of halogens is 1. The van der Waals surface area contributed by atoms with Crippen molar-refractivity contribution in [3.8, 4) is 11.5 Å². The van der Waals surface area contributed by atoms with Gasteiger partial charge in [0.1, 0.15) is 5.57 Å². The molecule has 0 aliphatic carbocycles. The molecule has 9 nitrogen and oxygen atoms in total. The number of hydrogen-bond donors (Lipinski definition) is 2. The highest BCUT2D eigenvalue weighted by atomic mass is 35.5. The van der Waals surface area contributed by atoms with Gasteiger partial charge in [0.2, 0.25) is 0 Å². The largest absolute Gasteiger partial charge is 0.490 e. The summed E-state index contributed by atoms with van der Waals surface area (Å²) in [5.41, 5.74) is 3.84. The molecule has 1 aliphatic heterocycles. The zero-order valence-electron chi connectivity index (χ0n) is 22.5. The van der Waals surface area contributed by atoms with E-state index in [0.29, 0.717) is 39.9 Å². The van der Waals surface area contributed by atoms with E-state index in [0.717, 1.165) is 16.0 Å². The van der Waals surface area contributed by atoms with Crippen LogP contribution in [0.1, 0.15) is 29.2 Å². The van der Waals surface area contributed by atoms with Crippen molar-refractivity contribution in [2.45, 2.75) is 27.7 Å². The SMILES string of the molecule is CCOc1cc(/C=C2/C(=O)NC(=O)N(c3cccc(Cl)c3C)C2=O)ccc1OCC(=O)Nc1ccc(C)c(C)c1. The smallest absolute Gasteiger partial charge is 0.335 e. The maximum atomic E-state index is 13.3. The molecule has 3 aromatic carbocycles. The highest BCUT2D eigenvalue weighted by Crippen LogP contribution is 2.32. The van der Waals surface area contributed by atoms with Crippen molar-refractivity contribution in [1.82, 2.24) is 5.32 Å². The van der Waals surface area contributed by atoms with Gasteiger partial charge in [-0.3, -0.25) is 19.7 Å². The van der Waals surface area contributed by atoms with Gasteiger partial charge in [0.05, 0.1) is 12.3 Å². The summed E-state index contributed by atoms with van der Waals surface area (Å²) in [6.45, 7) is 7.46. The Morgan fingerprint density at radius 2 is 1.75 bits per heavy atom. The summed E-state index contributed by atoms with van der Waals surface area (Å²) in [5, 5.41) is 5.38. The standard InChI is InChI=1S/C30H28ClN3O6/c1-5-39-26-15-20(10-12-25(26)40-16-27(35)32-21-11-9-17(2)18(3)13-21)14-22-28(36)33-30(38)34(29(22)37)24-8-6-7-23(31)19(24)4/h6-15H,5,16H2,1-4H3,(H,32,35)(H,33,36,38)/b22-14-. The Morgan fingerprint density at radius 1 is 0.975 bits per heavy atom. The van der Waals surface area contributed by atoms with Gasteiger partial charge >= 0.3 is 6.03 Å². The van der Waals surface area contributed by atoms with Crippen LogP contribution in [0.5, 0.6) is 11.5 Å². The summed E-state index contributed by atoms with van der Waals surface area (Å²) >= 11 is 6.18. The van der Waals surface area contributed by atoms with Gasteiger partial charge in [-0.05, 0) is 92.4 Å². The lowest BCUT2D eigenvalue weighted by molar-refractivity contribution is -0.122. The van der Waals surface area contributed by atoms with Crippen LogP contribution in [-0.2, 0) is 14.4 Å². The molecular formula is C30H28ClN3O6. The number of amides is 5. The molecule has 0 saturated carbocycles. The summed E-state index contributed by atoms with van der Waals surface area (Å²) in [4.78, 5) is 51.8. The second-order valence-electron chi connectivity index (χ2n) is 9.12. The molecule has 1 saturated heterocycles. The minimum absolute atomic E-state index is 0.247. The van der Waals surface area contributed by atoms with E-state index in [9.17, 15) is 19.2 Å². The zero-order valence-corrected chi connectivity index (χ0v) is 23.2. The van der Waals surface area contributed by atoms with Crippen LogP contribution in [-0.4, -0.2) is 37.0 Å². The van der Waals surface area contributed by atoms with Crippen LogP contribution < -0.4 is 25.0 Å². The highest BCUT2D eigenvalue weighted by Gasteiger charge is 2.37. The molecule has 0 aromatic heterocycles. The summed E-state index contributed by atoms with van der Waals surface area (Å²) in [5.74, 6) is -1.33. The summed E-state index contributed by atoms with van der Waals surface area (Å²) in [7, 11) is 0. The predicted molar refractivity (Wildman–Crippen MR) is 153 cm³/mol. The normalized spacial score (nSPS) is 14.3. The quantitative estimate of drug-likeness (QED) is 0.283. The molecule has 10 heteroatoms. The van der Waals surface area contributed by atoms with E-state index in [-0.39, 0.29) is 23.8 Å². The Balaban J connectivity index is 1.54. The third-order valence-electron chi connectivity index (χ3n) is 6.31. The fourth-order valence-electron chi connectivity index (χ4n) is 4.04. The van der Waals surface area contributed by atoms with E-state index >= 15 is 0 Å². The van der Waals surface area contributed by atoms with Crippen LogP contribution in [0.25, 0.3) is 6.08 Å². The molecule has 0 bridgehead atoms. The third-order valence-corrected chi connectivity index (χ3v) is 6.72. The molecule has 4 rings (SSSR count). The molecule has 0 spiro atoms. The van der Waals surface area contributed by atoms with E-state index in [2.05, 4.69) is 10.6 Å². The van der Waals surface area contributed by atoms with Gasteiger partial charge in [0.25, 0.3) is 17.7 Å². The number of ether oxygens (including phenoxy) is 2. The first kappa shape index (κ1) is 28.4. The lowest BCUT2D eigenvalue weighted by Gasteiger charge is -2.27. The molecule has 2 N–H and O–H groups in total. The van der Waals surface area contributed by atoms with E-state index in [1.165, 1.54) is 6.08 Å². The van der Waals surface area contributed by atoms with Crippen molar-refractivity contribution in [3.05, 3.63) is 87.4 Å². The molecule has 1 aliphatic rings. The molecule has 0 atom stereocenters. The average Bonchev–Trinajstić information content (AvgIpc) is 2.90. The molecule has 3 aromatic rings. The molecule has 1 heterocycles. The third kappa shape index (κ3) is 6.16. The monoisotopic (exact) mass is 561 g/mol. The Labute approximate surface area is 236 Å². The number of imide groups is 2. The van der Waals surface area contributed by atoms with Gasteiger partial charge < -0.3 is 14.8 Å². The Morgan fingerprint density at radius 3 is 2.48 bits per heavy atom. The average molecular weight is 562 g/mol. The predicted octanol–water partition coefficient (Wildman–Crippen LogP) is 5.35.